The molecule has 1 atom stereocenters. The second kappa shape index (κ2) is 7.41. The van der Waals surface area contributed by atoms with E-state index < -0.39 is 11.6 Å². The molecule has 8 heteroatoms. The Morgan fingerprint density at radius 3 is 2.69 bits per heavy atom. The Morgan fingerprint density at radius 1 is 1.27 bits per heavy atom. The normalized spacial score (nSPS) is 23.2. The largest absolute Gasteiger partial charge is 0.456 e. The summed E-state index contributed by atoms with van der Waals surface area (Å²) in [5, 5.41) is 0. The van der Waals surface area contributed by atoms with E-state index in [0.29, 0.717) is 25.2 Å². The predicted octanol–water partition coefficient (Wildman–Crippen LogP) is 1.11. The summed E-state index contributed by atoms with van der Waals surface area (Å²) < 4.78 is 23.8. The van der Waals surface area contributed by atoms with Gasteiger partial charge in [0.15, 0.2) is 6.61 Å². The molecule has 0 bridgehead atoms. The molecule has 3 rings (SSSR count). The van der Waals surface area contributed by atoms with Gasteiger partial charge in [-0.1, -0.05) is 0 Å². The Kier molecular flexibility index (Phi) is 5.22. The second-order valence-corrected chi connectivity index (χ2v) is 6.63. The van der Waals surface area contributed by atoms with Gasteiger partial charge in [0.2, 0.25) is 0 Å². The van der Waals surface area contributed by atoms with E-state index in [1.165, 1.54) is 19.1 Å². The van der Waals surface area contributed by atoms with Crippen LogP contribution in [0.25, 0.3) is 0 Å². The standard InChI is InChI=1S/C18H21FN2O5/c1-13(22)25-9-16(23)20-8-2-7-18(11-20)12-21(17(24)10-26-18)15-5-3-14(19)4-6-15/h3-6H,2,7-12H2,1H3. The van der Waals surface area contributed by atoms with Crippen molar-refractivity contribution in [2.45, 2.75) is 25.4 Å². The van der Waals surface area contributed by atoms with E-state index >= 15 is 0 Å². The number of rotatable bonds is 3. The monoisotopic (exact) mass is 364 g/mol. The number of piperidine rings is 1. The van der Waals surface area contributed by atoms with Crippen LogP contribution in [0.15, 0.2) is 24.3 Å². The molecule has 0 radical (unpaired) electrons. The molecule has 1 unspecified atom stereocenters. The molecule has 0 aliphatic carbocycles. The lowest BCUT2D eigenvalue weighted by Gasteiger charge is -2.47. The van der Waals surface area contributed by atoms with E-state index in [2.05, 4.69) is 0 Å². The maximum atomic E-state index is 13.2. The molecule has 2 aliphatic heterocycles. The minimum atomic E-state index is -0.674. The number of anilines is 1. The van der Waals surface area contributed by atoms with Crippen LogP contribution in [0.2, 0.25) is 0 Å². The van der Waals surface area contributed by atoms with Gasteiger partial charge in [-0.15, -0.1) is 0 Å². The summed E-state index contributed by atoms with van der Waals surface area (Å²) in [5.74, 6) is -1.37. The van der Waals surface area contributed by atoms with Crippen LogP contribution in [0, 0.1) is 5.82 Å². The van der Waals surface area contributed by atoms with Crippen molar-refractivity contribution in [2.75, 3.05) is 37.7 Å². The van der Waals surface area contributed by atoms with Crippen LogP contribution in [0.4, 0.5) is 10.1 Å². The lowest BCUT2D eigenvalue weighted by atomic mass is 9.90. The summed E-state index contributed by atoms with van der Waals surface area (Å²) in [6, 6.07) is 5.72. The quantitative estimate of drug-likeness (QED) is 0.751. The molecule has 1 spiro atoms. The average molecular weight is 364 g/mol. The molecule has 2 aliphatic rings. The summed E-state index contributed by atoms with van der Waals surface area (Å²) in [7, 11) is 0. The number of ether oxygens (including phenoxy) is 2. The molecule has 2 saturated heterocycles. The van der Waals surface area contributed by atoms with Crippen molar-refractivity contribution in [3.8, 4) is 0 Å². The van der Waals surface area contributed by atoms with Gasteiger partial charge in [-0.05, 0) is 37.1 Å². The minimum Gasteiger partial charge on any atom is -0.456 e. The number of amides is 2. The maximum absolute atomic E-state index is 13.2. The van der Waals surface area contributed by atoms with E-state index in [0.717, 1.165) is 6.42 Å². The van der Waals surface area contributed by atoms with Crippen molar-refractivity contribution in [1.29, 1.82) is 0 Å². The molecule has 2 heterocycles. The van der Waals surface area contributed by atoms with Gasteiger partial charge in [0.1, 0.15) is 18.0 Å². The van der Waals surface area contributed by atoms with Crippen LogP contribution < -0.4 is 4.90 Å². The van der Waals surface area contributed by atoms with Crippen LogP contribution in [-0.2, 0) is 23.9 Å². The van der Waals surface area contributed by atoms with Crippen LogP contribution in [-0.4, -0.2) is 61.1 Å². The van der Waals surface area contributed by atoms with Crippen molar-refractivity contribution in [1.82, 2.24) is 4.90 Å². The average Bonchev–Trinajstić information content (AvgIpc) is 2.63. The number of likely N-dealkylation sites (tertiary alicyclic amines) is 1. The number of hydrogen-bond donors (Lipinski definition) is 0. The van der Waals surface area contributed by atoms with Crippen LogP contribution in [0.1, 0.15) is 19.8 Å². The first kappa shape index (κ1) is 18.3. The van der Waals surface area contributed by atoms with E-state index in [-0.39, 0.29) is 37.4 Å². The summed E-state index contributed by atoms with van der Waals surface area (Å²) >= 11 is 0. The number of nitrogens with zero attached hydrogens (tertiary/aromatic N) is 2. The third kappa shape index (κ3) is 4.01. The zero-order valence-corrected chi connectivity index (χ0v) is 14.6. The molecular formula is C18H21FN2O5. The van der Waals surface area contributed by atoms with Gasteiger partial charge in [0.05, 0.1) is 13.1 Å². The van der Waals surface area contributed by atoms with Crippen molar-refractivity contribution < 1.29 is 28.2 Å². The van der Waals surface area contributed by atoms with Gasteiger partial charge in [-0.2, -0.15) is 0 Å². The third-order valence-electron chi connectivity index (χ3n) is 4.68. The summed E-state index contributed by atoms with van der Waals surface area (Å²) in [6.07, 6.45) is 1.42. The van der Waals surface area contributed by atoms with Gasteiger partial charge in [0, 0.05) is 19.2 Å². The second-order valence-electron chi connectivity index (χ2n) is 6.63. The fourth-order valence-corrected chi connectivity index (χ4v) is 3.38. The molecule has 140 valence electrons. The summed E-state index contributed by atoms with van der Waals surface area (Å²) in [5.41, 5.74) is -0.0747. The number of halogens is 1. The van der Waals surface area contributed by atoms with Crippen LogP contribution in [0.3, 0.4) is 0 Å². The maximum Gasteiger partial charge on any atom is 0.303 e. The highest BCUT2D eigenvalue weighted by Gasteiger charge is 2.44. The Labute approximate surface area is 150 Å². The first-order valence-electron chi connectivity index (χ1n) is 8.50. The highest BCUT2D eigenvalue weighted by Crippen LogP contribution is 2.32. The highest BCUT2D eigenvalue weighted by molar-refractivity contribution is 5.95. The fraction of sp³-hybridized carbons (Fsp3) is 0.500. The fourth-order valence-electron chi connectivity index (χ4n) is 3.38. The van der Waals surface area contributed by atoms with Gasteiger partial charge in [-0.25, -0.2) is 4.39 Å². The molecule has 2 amide bonds. The zero-order valence-electron chi connectivity index (χ0n) is 14.6. The SMILES string of the molecule is CC(=O)OCC(=O)N1CCCC2(C1)CN(c1ccc(F)cc1)C(=O)CO2. The van der Waals surface area contributed by atoms with Crippen molar-refractivity contribution >= 4 is 23.5 Å². The molecule has 2 fully saturated rings. The van der Waals surface area contributed by atoms with Gasteiger partial charge >= 0.3 is 5.97 Å². The van der Waals surface area contributed by atoms with Gasteiger partial charge in [0.25, 0.3) is 11.8 Å². The molecule has 0 saturated carbocycles. The number of carbonyl (C=O) groups is 3. The Morgan fingerprint density at radius 2 is 2.00 bits per heavy atom. The smallest absolute Gasteiger partial charge is 0.303 e. The van der Waals surface area contributed by atoms with Crippen molar-refractivity contribution in [3.63, 3.8) is 0 Å². The Bertz CT molecular complexity index is 708. The summed E-state index contributed by atoms with van der Waals surface area (Å²) in [6.45, 7) is 2.01. The first-order valence-corrected chi connectivity index (χ1v) is 8.50. The molecule has 0 aromatic heterocycles. The molecule has 26 heavy (non-hydrogen) atoms. The topological polar surface area (TPSA) is 76.2 Å². The number of carbonyl (C=O) groups excluding carboxylic acids is 3. The van der Waals surface area contributed by atoms with Crippen LogP contribution >= 0.6 is 0 Å². The van der Waals surface area contributed by atoms with E-state index in [1.54, 1.807) is 21.9 Å². The molecule has 7 nitrogen and oxygen atoms in total. The third-order valence-corrected chi connectivity index (χ3v) is 4.68. The zero-order chi connectivity index (χ0) is 18.7. The highest BCUT2D eigenvalue weighted by atomic mass is 19.1. The summed E-state index contributed by atoms with van der Waals surface area (Å²) in [4.78, 5) is 38.6. The van der Waals surface area contributed by atoms with Crippen molar-refractivity contribution in [2.24, 2.45) is 0 Å². The number of esters is 1. The lowest BCUT2D eigenvalue weighted by Crippen LogP contribution is -2.62. The molecule has 0 N–H and O–H groups in total. The van der Waals surface area contributed by atoms with Crippen LogP contribution in [0.5, 0.6) is 0 Å². The number of benzene rings is 1. The Balaban J connectivity index is 1.72. The van der Waals surface area contributed by atoms with Crippen molar-refractivity contribution in [3.05, 3.63) is 30.1 Å². The molecular weight excluding hydrogens is 343 g/mol. The van der Waals surface area contributed by atoms with E-state index in [1.807, 2.05) is 0 Å². The van der Waals surface area contributed by atoms with Gasteiger partial charge < -0.3 is 19.3 Å². The minimum absolute atomic E-state index is 0.0939. The van der Waals surface area contributed by atoms with Gasteiger partial charge in [-0.3, -0.25) is 14.4 Å². The predicted molar refractivity (Wildman–Crippen MR) is 89.9 cm³/mol. The number of morpholine rings is 1. The van der Waals surface area contributed by atoms with E-state index in [9.17, 15) is 18.8 Å². The Hall–Kier alpha value is -2.48. The number of hydrogen-bond acceptors (Lipinski definition) is 5. The van der Waals surface area contributed by atoms with E-state index in [4.69, 9.17) is 9.47 Å². The lowest BCUT2D eigenvalue weighted by molar-refractivity contribution is -0.159. The molecule has 1 aromatic rings. The first-order chi connectivity index (χ1) is 12.4. The molecule has 1 aromatic carbocycles.